The van der Waals surface area contributed by atoms with E-state index in [4.69, 9.17) is 66.3 Å². The van der Waals surface area contributed by atoms with Gasteiger partial charge in [-0.1, -0.05) is 63.1 Å². The molecule has 6 aliphatic heterocycles. The highest BCUT2D eigenvalue weighted by molar-refractivity contribution is 8.76. The van der Waals surface area contributed by atoms with Crippen LogP contribution in [-0.2, 0) is 105 Å². The standard InChI is InChI=1S/C48H86N4O17S2.C43H79N3O14S/c1-17-35-48(12,62)39(55)28(6)52(15)21-24(2)19-46(10,61)41(26(4)37(27(5)43(59)66-35)67-36-20-47(11,63-16)40(56)29(7)65-36)69-45-38(34(51(13)14)18-25(3)64-45)68-44(60)33(50-31(9)54)23-71-70-22-32(42(57)58)49-30(8)53;1-16-31-43(11,53)35(48)26(6)46(14)20-22(2)18-41(9,52)37(24(4)33(25(5)38(50)57-31)58-32-19-42(10,54-15)36(49)27(7)56-32)60-40-34(30(45(12)13)17-23(3)55-40)59-39(51)29(21-61)44-28(8)47/h24-29,32-41,45,55-56,61-62H,17-23H2,1-16H3,(H,49,53)(H,50,54)(H,57,58);22-27,29-37,40,48-49,52-53,61H,16-21H2,1-15H3,(H,44,47)/t24-,25-,26+,27-,28-,29+,32+,33+,34+,35-,36+,37+,38-,39-,40+,41-,45+,46-,47-,48-;22-,23-,24+,25-,26-,27+,29+,30+,31-,32+,33+,34-,35-,36+,37-,40+,41-,42-,43-/m11/s1. The summed E-state index contributed by atoms with van der Waals surface area (Å²) in [6.45, 7) is 38.8. The van der Waals surface area contributed by atoms with E-state index < -0.39 is 264 Å². The van der Waals surface area contributed by atoms with Gasteiger partial charge in [0.25, 0.3) is 0 Å². The molecular weight excluding hydrogens is 1780 g/mol. The minimum absolute atomic E-state index is 0.0285. The molecule has 0 unspecified atom stereocenters. The van der Waals surface area contributed by atoms with Gasteiger partial charge in [0, 0.05) is 102 Å². The highest BCUT2D eigenvalue weighted by Crippen LogP contribution is 2.45. The number of carboxylic acids is 1. The number of rotatable bonds is 28. The Kier molecular flexibility index (Phi) is 45.6. The van der Waals surface area contributed by atoms with Gasteiger partial charge in [-0.15, -0.1) is 0 Å². The largest absolute Gasteiger partial charge is 0.480 e. The number of ether oxygens (including phenoxy) is 14. The molecule has 0 aromatic carbocycles. The second-order valence-electron chi connectivity index (χ2n) is 40.0. The van der Waals surface area contributed by atoms with Crippen LogP contribution in [0.4, 0.5) is 0 Å². The Morgan fingerprint density at radius 3 is 1.14 bits per heavy atom. The van der Waals surface area contributed by atoms with Gasteiger partial charge in [0.2, 0.25) is 17.7 Å². The lowest BCUT2D eigenvalue weighted by atomic mass is 9.77. The van der Waals surface area contributed by atoms with Crippen molar-refractivity contribution in [2.75, 3.05) is 86.9 Å². The SMILES string of the molecule is CC[C@H]1OC(=O)[C@H](C)[C@@H](O[C@H]2C[C@@](C)(OC)[C@@H](O)[C@H](C)O2)[C@H](C)[C@@H](O[C@@H]2O[C@H](C)C[C@H](N(C)C)[C@H]2OC(=O)[C@H](CS)NC(C)=O)[C@](C)(O)C[C@@H](C)CN(C)[C@H](C)[C@@H](O)[C@]1(C)O.CC[C@H]1OC(=O)[C@H](C)[C@@H](O[C@H]2C[C@@](C)(OC)[C@@H](O)[C@H](C)O2)[C@H](C)[C@@H](O[C@@H]2O[C@H](C)C[C@H](N(C)C)[C@H]2OC(=O)[C@H](CSSC[C@H](NC(C)=O)C(=O)O)NC(C)=O)[C@](C)(O)C[C@@H](C)CN(C)[C@H](C)[C@@H](O)[C@]1(C)O. The molecule has 0 aliphatic carbocycles. The van der Waals surface area contributed by atoms with Crippen molar-refractivity contribution in [3.8, 4) is 0 Å². The lowest BCUT2D eigenvalue weighted by Gasteiger charge is -2.49. The number of nitrogens with zero attached hydrogens (tertiary/aromatic N) is 4. The van der Waals surface area contributed by atoms with Crippen LogP contribution < -0.4 is 16.0 Å². The van der Waals surface area contributed by atoms with Crippen LogP contribution in [-0.4, -0.2) is 399 Å². The molecule has 0 aromatic rings. The van der Waals surface area contributed by atoms with Crippen molar-refractivity contribution in [1.82, 2.24) is 35.6 Å². The predicted molar refractivity (Wildman–Crippen MR) is 495 cm³/mol. The zero-order valence-corrected chi connectivity index (χ0v) is 86.3. The maximum atomic E-state index is 14.6. The fourth-order valence-corrected chi connectivity index (χ4v) is 22.2. The van der Waals surface area contributed by atoms with E-state index in [1.165, 1.54) is 48.8 Å². The first kappa shape index (κ1) is 118. The van der Waals surface area contributed by atoms with Crippen molar-refractivity contribution in [3.05, 3.63) is 0 Å². The maximum absolute atomic E-state index is 14.6. The van der Waals surface area contributed by atoms with Gasteiger partial charge in [-0.3, -0.25) is 24.0 Å². The van der Waals surface area contributed by atoms with Crippen LogP contribution in [0.1, 0.15) is 211 Å². The zero-order valence-electron chi connectivity index (χ0n) is 83.8. The first-order chi connectivity index (χ1) is 61.0. The van der Waals surface area contributed by atoms with Gasteiger partial charge >= 0.3 is 29.8 Å². The third-order valence-corrected chi connectivity index (χ3v) is 30.4. The normalized spacial score (nSPS) is 42.0. The van der Waals surface area contributed by atoms with Gasteiger partial charge in [-0.05, 0) is 190 Å². The lowest BCUT2D eigenvalue weighted by Crippen LogP contribution is -2.61. The molecule has 132 heavy (non-hydrogen) atoms. The smallest absolute Gasteiger partial charge is 0.330 e. The summed E-state index contributed by atoms with van der Waals surface area (Å²) in [7, 11) is 16.0. The molecule has 0 spiro atoms. The minimum atomic E-state index is -1.89. The summed E-state index contributed by atoms with van der Waals surface area (Å²) < 4.78 is 89.2. The third kappa shape index (κ3) is 31.2. The van der Waals surface area contributed by atoms with Gasteiger partial charge < -0.3 is 148 Å². The highest BCUT2D eigenvalue weighted by Gasteiger charge is 2.58. The van der Waals surface area contributed by atoms with Crippen LogP contribution in [0.3, 0.4) is 0 Å². The van der Waals surface area contributed by atoms with E-state index in [1.807, 2.05) is 68.4 Å². The van der Waals surface area contributed by atoms with Crippen molar-refractivity contribution in [2.24, 2.45) is 35.5 Å². The minimum Gasteiger partial charge on any atom is -0.480 e. The molecule has 6 aliphatic rings. The number of nitrogens with one attached hydrogen (secondary N) is 3. The topological polar surface area (TPSA) is 497 Å². The highest BCUT2D eigenvalue weighted by atomic mass is 33.1. The molecule has 41 heteroatoms. The van der Waals surface area contributed by atoms with E-state index in [9.17, 15) is 84.3 Å². The number of amides is 3. The van der Waals surface area contributed by atoms with E-state index in [2.05, 4.69) is 28.6 Å². The van der Waals surface area contributed by atoms with E-state index in [1.54, 1.807) is 118 Å². The number of carboxylic acid groups (broad SMARTS) is 1. The van der Waals surface area contributed by atoms with Crippen LogP contribution >= 0.6 is 34.2 Å². The van der Waals surface area contributed by atoms with Crippen molar-refractivity contribution >= 4 is 81.8 Å². The van der Waals surface area contributed by atoms with Crippen LogP contribution in [0.5, 0.6) is 0 Å². The molecule has 38 nitrogen and oxygen atoms in total. The second-order valence-corrected chi connectivity index (χ2v) is 42.9. The number of likely N-dealkylation sites (N-methyl/N-ethyl adjacent to an activating group) is 4. The summed E-state index contributed by atoms with van der Waals surface area (Å²) in [6.07, 6.45) is -19.5. The lowest BCUT2D eigenvalue weighted by molar-refractivity contribution is -0.319. The molecule has 3 amide bonds. The predicted octanol–water partition coefficient (Wildman–Crippen LogP) is 3.81. The van der Waals surface area contributed by atoms with Crippen LogP contribution in [0.2, 0.25) is 0 Å². The Balaban J connectivity index is 0.000000472. The van der Waals surface area contributed by atoms with Gasteiger partial charge in [-0.2, -0.15) is 12.6 Å². The molecular formula is C91H165N7O31S3. The average Bonchev–Trinajstić information content (AvgIpc) is 1.06. The summed E-state index contributed by atoms with van der Waals surface area (Å²) in [5.41, 5.74) is -9.39. The number of aliphatic carboxylic acids is 1. The van der Waals surface area contributed by atoms with Crippen molar-refractivity contribution in [2.45, 2.75) is 409 Å². The van der Waals surface area contributed by atoms with Gasteiger partial charge in [-0.25, -0.2) is 14.4 Å². The first-order valence-electron chi connectivity index (χ1n) is 46.4. The number of carbonyl (C=O) groups excluding carboxylic acids is 7. The Morgan fingerprint density at radius 1 is 0.500 bits per heavy atom. The maximum Gasteiger partial charge on any atom is 0.330 e. The number of aliphatic hydroxyl groups excluding tert-OH is 4. The average molecular weight is 1950 g/mol. The van der Waals surface area contributed by atoms with E-state index in [0.717, 1.165) is 21.6 Å². The summed E-state index contributed by atoms with van der Waals surface area (Å²) in [5, 5.41) is 112. The van der Waals surface area contributed by atoms with E-state index in [-0.39, 0.29) is 73.7 Å². The molecule has 6 fully saturated rings. The van der Waals surface area contributed by atoms with E-state index >= 15 is 0 Å². The number of aliphatic hydroxyl groups is 8. The Morgan fingerprint density at radius 2 is 0.826 bits per heavy atom. The van der Waals surface area contributed by atoms with Gasteiger partial charge in [0.15, 0.2) is 37.4 Å². The number of methoxy groups -OCH3 is 2. The fraction of sp³-hybridized carbons (Fsp3) is 0.912. The number of esters is 4. The third-order valence-electron chi connectivity index (χ3n) is 27.6. The second kappa shape index (κ2) is 50.9. The first-order valence-corrected chi connectivity index (χ1v) is 49.5. The van der Waals surface area contributed by atoms with Crippen LogP contribution in [0, 0.1) is 35.5 Å². The molecule has 768 valence electrons. The molecule has 12 N–H and O–H groups in total. The molecule has 0 aromatic heterocycles. The molecule has 6 saturated heterocycles. The number of carbonyl (C=O) groups is 8. The van der Waals surface area contributed by atoms with Gasteiger partial charge in [0.1, 0.15) is 66.0 Å². The summed E-state index contributed by atoms with van der Waals surface area (Å²) in [5.74, 6) is -10.5. The van der Waals surface area contributed by atoms with Gasteiger partial charge in [0.05, 0.1) is 95.2 Å². The molecule has 6 heterocycles. The Bertz CT molecular complexity index is 3660. The fourth-order valence-electron chi connectivity index (χ4n) is 19.6. The van der Waals surface area contributed by atoms with Crippen LogP contribution in [0.25, 0.3) is 0 Å². The van der Waals surface area contributed by atoms with Crippen molar-refractivity contribution in [3.63, 3.8) is 0 Å². The quantitative estimate of drug-likeness (QED) is 0.0174. The number of hydrogen-bond donors (Lipinski definition) is 13. The van der Waals surface area contributed by atoms with Crippen molar-refractivity contribution in [1.29, 1.82) is 0 Å². The Hall–Kier alpha value is -4.07. The van der Waals surface area contributed by atoms with Crippen LogP contribution in [0.15, 0.2) is 0 Å². The molecule has 0 bridgehead atoms. The number of hydrogen-bond acceptors (Lipinski definition) is 37. The zero-order chi connectivity index (χ0) is 101. The molecule has 6 rings (SSSR count). The van der Waals surface area contributed by atoms with E-state index in [0.29, 0.717) is 25.9 Å². The Labute approximate surface area is 795 Å². The summed E-state index contributed by atoms with van der Waals surface area (Å²) >= 11 is 4.28. The van der Waals surface area contributed by atoms with Crippen molar-refractivity contribution < 1.29 is 151 Å². The number of thiol groups is 1. The monoisotopic (exact) mass is 1950 g/mol. The summed E-state index contributed by atoms with van der Waals surface area (Å²) in [6, 6.07) is -5.65. The number of cyclic esters (lactones) is 2. The molecule has 39 atom stereocenters. The molecule has 0 radical (unpaired) electrons. The summed E-state index contributed by atoms with van der Waals surface area (Å²) in [4.78, 5) is 112. The molecule has 0 saturated carbocycles.